The number of aliphatic hydroxyl groups is 1. The summed E-state index contributed by atoms with van der Waals surface area (Å²) >= 11 is 0. The van der Waals surface area contributed by atoms with Crippen molar-refractivity contribution in [3.8, 4) is 0 Å². The number of nitrogens with zero attached hydrogens (tertiary/aromatic N) is 2. The molecule has 2 N–H and O–H groups in total. The number of nitrogens with one attached hydrogen (secondary N) is 1. The number of carbonyl (C=O) groups excluding carboxylic acids is 2. The van der Waals surface area contributed by atoms with Crippen molar-refractivity contribution >= 4 is 11.8 Å². The number of hydrogen-bond acceptors (Lipinski definition) is 4. The van der Waals surface area contributed by atoms with Gasteiger partial charge in [0.25, 0.3) is 5.91 Å². The topological polar surface area (TPSA) is 72.9 Å². The third kappa shape index (κ3) is 4.87. The molecule has 1 aromatic rings. The minimum absolute atomic E-state index is 0.0564. The van der Waals surface area contributed by atoms with E-state index in [4.69, 9.17) is 5.11 Å². The van der Waals surface area contributed by atoms with E-state index in [-0.39, 0.29) is 23.8 Å². The van der Waals surface area contributed by atoms with Gasteiger partial charge in [-0.1, -0.05) is 12.1 Å². The fourth-order valence-electron chi connectivity index (χ4n) is 4.33. The van der Waals surface area contributed by atoms with Crippen LogP contribution in [-0.4, -0.2) is 66.6 Å². The van der Waals surface area contributed by atoms with Crippen molar-refractivity contribution in [1.29, 1.82) is 0 Å². The van der Waals surface area contributed by atoms with E-state index in [9.17, 15) is 9.59 Å². The maximum atomic E-state index is 12.1. The summed E-state index contributed by atoms with van der Waals surface area (Å²) in [6.45, 7) is 4.65. The number of piperidine rings is 2. The first-order chi connectivity index (χ1) is 13.0. The molecular formula is C21H31N3O3. The summed E-state index contributed by atoms with van der Waals surface area (Å²) in [4.78, 5) is 28.2. The molecule has 2 heterocycles. The van der Waals surface area contributed by atoms with Crippen molar-refractivity contribution in [3.05, 3.63) is 35.4 Å². The Morgan fingerprint density at radius 3 is 2.52 bits per heavy atom. The van der Waals surface area contributed by atoms with Crippen LogP contribution in [0.5, 0.6) is 0 Å². The zero-order valence-corrected chi connectivity index (χ0v) is 16.2. The molecule has 3 rings (SSSR count). The highest BCUT2D eigenvalue weighted by Crippen LogP contribution is 2.40. The highest BCUT2D eigenvalue weighted by Gasteiger charge is 2.40. The van der Waals surface area contributed by atoms with Crippen molar-refractivity contribution in [3.63, 3.8) is 0 Å². The van der Waals surface area contributed by atoms with Crippen molar-refractivity contribution in [2.45, 2.75) is 38.6 Å². The predicted octanol–water partition coefficient (Wildman–Crippen LogP) is 1.63. The molecule has 2 aliphatic rings. The molecule has 2 fully saturated rings. The molecule has 0 aromatic heterocycles. The van der Waals surface area contributed by atoms with Gasteiger partial charge in [-0.15, -0.1) is 0 Å². The molecule has 148 valence electrons. The molecule has 1 spiro atoms. The van der Waals surface area contributed by atoms with Crippen molar-refractivity contribution < 1.29 is 14.7 Å². The van der Waals surface area contributed by atoms with Crippen LogP contribution in [0.3, 0.4) is 0 Å². The summed E-state index contributed by atoms with van der Waals surface area (Å²) in [5.74, 6) is 0.187. The predicted molar refractivity (Wildman–Crippen MR) is 104 cm³/mol. The Bertz CT molecular complexity index is 651. The smallest absolute Gasteiger partial charge is 0.251 e. The molecule has 6 heteroatoms. The maximum absolute atomic E-state index is 12.1. The van der Waals surface area contributed by atoms with Crippen LogP contribution >= 0.6 is 0 Å². The first-order valence-corrected chi connectivity index (χ1v) is 9.97. The lowest BCUT2D eigenvalue weighted by Gasteiger charge is -2.47. The number of hydrogen-bond donors (Lipinski definition) is 2. The summed E-state index contributed by atoms with van der Waals surface area (Å²) in [5, 5.41) is 11.7. The molecule has 0 saturated carbocycles. The molecule has 0 bridgehead atoms. The summed E-state index contributed by atoms with van der Waals surface area (Å²) < 4.78 is 0. The van der Waals surface area contributed by atoms with Gasteiger partial charge in [0.1, 0.15) is 0 Å². The zero-order valence-electron chi connectivity index (χ0n) is 16.2. The molecule has 0 aliphatic carbocycles. The fraction of sp³-hybridized carbons (Fsp3) is 0.619. The highest BCUT2D eigenvalue weighted by atomic mass is 16.3. The van der Waals surface area contributed by atoms with Gasteiger partial charge < -0.3 is 15.3 Å². The van der Waals surface area contributed by atoms with E-state index in [2.05, 4.69) is 10.2 Å². The normalized spacial score (nSPS) is 20.1. The number of amides is 2. The van der Waals surface area contributed by atoms with Crippen LogP contribution in [0.4, 0.5) is 0 Å². The fourth-order valence-corrected chi connectivity index (χ4v) is 4.33. The number of rotatable bonds is 6. The number of likely N-dealkylation sites (tertiary alicyclic amines) is 2. The Morgan fingerprint density at radius 2 is 1.89 bits per heavy atom. The van der Waals surface area contributed by atoms with Gasteiger partial charge in [0.05, 0.1) is 0 Å². The largest absolute Gasteiger partial charge is 0.396 e. The van der Waals surface area contributed by atoms with Crippen LogP contribution in [0.2, 0.25) is 0 Å². The lowest BCUT2D eigenvalue weighted by molar-refractivity contribution is -0.139. The zero-order chi connectivity index (χ0) is 19.3. The monoisotopic (exact) mass is 373 g/mol. The summed E-state index contributed by atoms with van der Waals surface area (Å²) in [6, 6.07) is 7.83. The minimum atomic E-state index is -0.0564. The molecule has 0 radical (unpaired) electrons. The van der Waals surface area contributed by atoms with E-state index in [0.29, 0.717) is 24.9 Å². The first-order valence-electron chi connectivity index (χ1n) is 9.97. The van der Waals surface area contributed by atoms with Crippen LogP contribution in [0.1, 0.15) is 48.0 Å². The Morgan fingerprint density at radius 1 is 1.19 bits per heavy atom. The molecule has 0 atom stereocenters. The Kier molecular flexibility index (Phi) is 6.50. The van der Waals surface area contributed by atoms with Gasteiger partial charge in [0, 0.05) is 45.3 Å². The molecular weight excluding hydrogens is 342 g/mol. The van der Waals surface area contributed by atoms with Crippen molar-refractivity contribution in [1.82, 2.24) is 15.1 Å². The number of carbonyl (C=O) groups is 2. The highest BCUT2D eigenvalue weighted by molar-refractivity contribution is 5.93. The standard InChI is InChI=1S/C21H31N3O3/c1-22-20(27)18-5-3-17(4-6-18)15-23-12-9-21(10-13-23)8-7-19(26)24(16-21)11-2-14-25/h3-6,25H,2,7-16H2,1H3,(H,22,27). The van der Waals surface area contributed by atoms with Crippen LogP contribution in [0, 0.1) is 5.41 Å². The number of aliphatic hydroxyl groups excluding tert-OH is 1. The van der Waals surface area contributed by atoms with E-state index in [1.807, 2.05) is 29.2 Å². The molecule has 6 nitrogen and oxygen atoms in total. The van der Waals surface area contributed by atoms with Gasteiger partial charge in [-0.2, -0.15) is 0 Å². The maximum Gasteiger partial charge on any atom is 0.251 e. The van der Waals surface area contributed by atoms with Crippen LogP contribution in [0.25, 0.3) is 0 Å². The Hall–Kier alpha value is -1.92. The Labute approximate surface area is 161 Å². The molecule has 2 amide bonds. The average Bonchev–Trinajstić information content (AvgIpc) is 2.70. The molecule has 2 aliphatic heterocycles. The second-order valence-corrected chi connectivity index (χ2v) is 7.94. The first kappa shape index (κ1) is 19.8. The van der Waals surface area contributed by atoms with E-state index in [1.165, 1.54) is 5.56 Å². The van der Waals surface area contributed by atoms with Gasteiger partial charge in [0.15, 0.2) is 0 Å². The third-order valence-corrected chi connectivity index (χ3v) is 6.10. The molecule has 0 unspecified atom stereocenters. The summed E-state index contributed by atoms with van der Waals surface area (Å²) in [5.41, 5.74) is 2.17. The quantitative estimate of drug-likeness (QED) is 0.795. The summed E-state index contributed by atoms with van der Waals surface area (Å²) in [6.07, 6.45) is 4.54. The summed E-state index contributed by atoms with van der Waals surface area (Å²) in [7, 11) is 1.64. The SMILES string of the molecule is CNC(=O)c1ccc(CN2CCC3(CCC(=O)N(CCCO)C3)CC2)cc1. The van der Waals surface area contributed by atoms with Crippen molar-refractivity contribution in [2.24, 2.45) is 5.41 Å². The molecule has 1 aromatic carbocycles. The van der Waals surface area contributed by atoms with Crippen LogP contribution in [-0.2, 0) is 11.3 Å². The molecule has 27 heavy (non-hydrogen) atoms. The van der Waals surface area contributed by atoms with Gasteiger partial charge in [0.2, 0.25) is 5.91 Å². The van der Waals surface area contributed by atoms with Gasteiger partial charge in [-0.25, -0.2) is 0 Å². The lowest BCUT2D eigenvalue weighted by atomic mass is 9.72. The second-order valence-electron chi connectivity index (χ2n) is 7.94. The minimum Gasteiger partial charge on any atom is -0.396 e. The van der Waals surface area contributed by atoms with Crippen LogP contribution < -0.4 is 5.32 Å². The Balaban J connectivity index is 1.52. The lowest BCUT2D eigenvalue weighted by Crippen LogP contribution is -2.51. The van der Waals surface area contributed by atoms with E-state index >= 15 is 0 Å². The van der Waals surface area contributed by atoms with Gasteiger partial charge >= 0.3 is 0 Å². The van der Waals surface area contributed by atoms with E-state index in [1.54, 1.807) is 7.05 Å². The average molecular weight is 373 g/mol. The molecule has 2 saturated heterocycles. The third-order valence-electron chi connectivity index (χ3n) is 6.10. The van der Waals surface area contributed by atoms with Crippen molar-refractivity contribution in [2.75, 3.05) is 39.8 Å². The van der Waals surface area contributed by atoms with E-state index in [0.717, 1.165) is 45.4 Å². The second kappa shape index (κ2) is 8.85. The van der Waals surface area contributed by atoms with Gasteiger partial charge in [-0.3, -0.25) is 14.5 Å². The van der Waals surface area contributed by atoms with Crippen LogP contribution in [0.15, 0.2) is 24.3 Å². The van der Waals surface area contributed by atoms with Gasteiger partial charge in [-0.05, 0) is 61.9 Å². The van der Waals surface area contributed by atoms with E-state index < -0.39 is 0 Å². The number of benzene rings is 1.